The molecular weight excluding hydrogens is 224 g/mol. The van der Waals surface area contributed by atoms with Crippen molar-refractivity contribution in [1.82, 2.24) is 19.7 Å². The first-order valence-electron chi connectivity index (χ1n) is 6.02. The van der Waals surface area contributed by atoms with Crippen LogP contribution in [0.25, 0.3) is 22.4 Å². The Morgan fingerprint density at radius 2 is 1.89 bits per heavy atom. The number of hydrogen-bond donors (Lipinski definition) is 0. The summed E-state index contributed by atoms with van der Waals surface area (Å²) >= 11 is 0. The molecule has 0 unspecified atom stereocenters. The van der Waals surface area contributed by atoms with Gasteiger partial charge in [0.2, 0.25) is 0 Å². The number of fused-ring (bicyclic) bond motifs is 1. The standard InChI is InChI=1S/C14H14N4/c1-3-10-4-6-11(7-5-10)13-15-8-12-9-16-18(2)14(12)17-13/h4-9H,3H2,1-2H3. The van der Waals surface area contributed by atoms with E-state index in [4.69, 9.17) is 0 Å². The molecule has 0 aliphatic carbocycles. The van der Waals surface area contributed by atoms with Crippen molar-refractivity contribution in [1.29, 1.82) is 0 Å². The van der Waals surface area contributed by atoms with Crippen LogP contribution in [0.5, 0.6) is 0 Å². The van der Waals surface area contributed by atoms with Crippen LogP contribution in [0.3, 0.4) is 0 Å². The maximum atomic E-state index is 4.55. The van der Waals surface area contributed by atoms with E-state index in [0.717, 1.165) is 28.8 Å². The van der Waals surface area contributed by atoms with E-state index in [-0.39, 0.29) is 0 Å². The van der Waals surface area contributed by atoms with E-state index in [1.54, 1.807) is 10.9 Å². The minimum absolute atomic E-state index is 0.744. The summed E-state index contributed by atoms with van der Waals surface area (Å²) in [4.78, 5) is 8.93. The highest BCUT2D eigenvalue weighted by molar-refractivity contribution is 5.75. The lowest BCUT2D eigenvalue weighted by Gasteiger charge is -2.02. The summed E-state index contributed by atoms with van der Waals surface area (Å²) in [6, 6.07) is 8.37. The lowest BCUT2D eigenvalue weighted by atomic mass is 10.1. The molecule has 2 aromatic heterocycles. The van der Waals surface area contributed by atoms with Crippen LogP contribution in [0, 0.1) is 0 Å². The molecule has 0 N–H and O–H groups in total. The SMILES string of the molecule is CCc1ccc(-c2ncc3cnn(C)c3n2)cc1. The van der Waals surface area contributed by atoms with Gasteiger partial charge < -0.3 is 0 Å². The Labute approximate surface area is 105 Å². The average molecular weight is 238 g/mol. The molecule has 4 heteroatoms. The van der Waals surface area contributed by atoms with Gasteiger partial charge in [-0.05, 0) is 12.0 Å². The molecule has 0 bridgehead atoms. The van der Waals surface area contributed by atoms with Crippen molar-refractivity contribution in [3.8, 4) is 11.4 Å². The monoisotopic (exact) mass is 238 g/mol. The molecule has 18 heavy (non-hydrogen) atoms. The van der Waals surface area contributed by atoms with Crippen LogP contribution in [0.2, 0.25) is 0 Å². The largest absolute Gasteiger partial charge is 0.250 e. The van der Waals surface area contributed by atoms with Gasteiger partial charge in [0.25, 0.3) is 0 Å². The molecule has 0 spiro atoms. The summed E-state index contributed by atoms with van der Waals surface area (Å²) in [6.07, 6.45) is 4.64. The Hall–Kier alpha value is -2.23. The van der Waals surface area contributed by atoms with Gasteiger partial charge >= 0.3 is 0 Å². The second kappa shape index (κ2) is 4.22. The summed E-state index contributed by atoms with van der Waals surface area (Å²) < 4.78 is 1.76. The molecule has 0 aliphatic rings. The zero-order valence-corrected chi connectivity index (χ0v) is 10.5. The fourth-order valence-electron chi connectivity index (χ4n) is 1.96. The molecule has 1 aromatic carbocycles. The molecule has 0 atom stereocenters. The van der Waals surface area contributed by atoms with E-state index in [1.165, 1.54) is 5.56 Å². The smallest absolute Gasteiger partial charge is 0.161 e. The summed E-state index contributed by atoms with van der Waals surface area (Å²) in [6.45, 7) is 2.15. The molecule has 3 aromatic rings. The summed E-state index contributed by atoms with van der Waals surface area (Å²) in [5, 5.41) is 5.14. The zero-order chi connectivity index (χ0) is 12.5. The van der Waals surface area contributed by atoms with Crippen LogP contribution in [0.1, 0.15) is 12.5 Å². The van der Waals surface area contributed by atoms with Gasteiger partial charge in [0.05, 0.1) is 11.6 Å². The maximum absolute atomic E-state index is 4.55. The minimum atomic E-state index is 0.744. The lowest BCUT2D eigenvalue weighted by Crippen LogP contribution is -1.95. The Morgan fingerprint density at radius 3 is 2.61 bits per heavy atom. The Kier molecular flexibility index (Phi) is 2.55. The zero-order valence-electron chi connectivity index (χ0n) is 10.5. The molecule has 0 fully saturated rings. The average Bonchev–Trinajstić information content (AvgIpc) is 2.80. The van der Waals surface area contributed by atoms with Crippen molar-refractivity contribution < 1.29 is 0 Å². The second-order valence-corrected chi connectivity index (χ2v) is 4.29. The van der Waals surface area contributed by atoms with Gasteiger partial charge in [-0.15, -0.1) is 0 Å². The van der Waals surface area contributed by atoms with Crippen molar-refractivity contribution >= 4 is 11.0 Å². The first-order valence-corrected chi connectivity index (χ1v) is 6.02. The van der Waals surface area contributed by atoms with E-state index in [2.05, 4.69) is 46.3 Å². The summed E-state index contributed by atoms with van der Waals surface area (Å²) in [5.74, 6) is 0.744. The summed E-state index contributed by atoms with van der Waals surface area (Å²) in [5.41, 5.74) is 3.22. The Balaban J connectivity index is 2.09. The van der Waals surface area contributed by atoms with Gasteiger partial charge in [-0.1, -0.05) is 31.2 Å². The highest BCUT2D eigenvalue weighted by Crippen LogP contribution is 2.18. The van der Waals surface area contributed by atoms with Gasteiger partial charge in [0.15, 0.2) is 11.5 Å². The fourth-order valence-corrected chi connectivity index (χ4v) is 1.96. The number of hydrogen-bond acceptors (Lipinski definition) is 3. The molecule has 3 rings (SSSR count). The third kappa shape index (κ3) is 1.76. The first-order chi connectivity index (χ1) is 8.78. The van der Waals surface area contributed by atoms with Gasteiger partial charge in [-0.2, -0.15) is 5.10 Å². The lowest BCUT2D eigenvalue weighted by molar-refractivity contribution is 0.786. The van der Waals surface area contributed by atoms with Crippen molar-refractivity contribution in [2.45, 2.75) is 13.3 Å². The molecule has 0 saturated heterocycles. The first kappa shape index (κ1) is 10.9. The maximum Gasteiger partial charge on any atom is 0.161 e. The van der Waals surface area contributed by atoms with Gasteiger partial charge in [0, 0.05) is 18.8 Å². The molecule has 90 valence electrons. The molecule has 0 radical (unpaired) electrons. The predicted molar refractivity (Wildman–Crippen MR) is 71.1 cm³/mol. The van der Waals surface area contributed by atoms with Crippen LogP contribution >= 0.6 is 0 Å². The number of benzene rings is 1. The third-order valence-corrected chi connectivity index (χ3v) is 3.09. The topological polar surface area (TPSA) is 43.6 Å². The quantitative estimate of drug-likeness (QED) is 0.689. The van der Waals surface area contributed by atoms with E-state index in [0.29, 0.717) is 0 Å². The third-order valence-electron chi connectivity index (χ3n) is 3.09. The molecule has 0 amide bonds. The number of aryl methyl sites for hydroxylation is 2. The molecule has 0 aliphatic heterocycles. The molecule has 0 saturated carbocycles. The molecular formula is C14H14N4. The summed E-state index contributed by atoms with van der Waals surface area (Å²) in [7, 11) is 1.89. The number of rotatable bonds is 2. The van der Waals surface area contributed by atoms with Gasteiger partial charge in [-0.3, -0.25) is 4.68 Å². The van der Waals surface area contributed by atoms with Crippen molar-refractivity contribution in [3.63, 3.8) is 0 Å². The number of aromatic nitrogens is 4. The minimum Gasteiger partial charge on any atom is -0.250 e. The van der Waals surface area contributed by atoms with E-state index < -0.39 is 0 Å². The fraction of sp³-hybridized carbons (Fsp3) is 0.214. The van der Waals surface area contributed by atoms with Crippen LogP contribution in [0.15, 0.2) is 36.7 Å². The van der Waals surface area contributed by atoms with E-state index >= 15 is 0 Å². The van der Waals surface area contributed by atoms with Gasteiger partial charge in [0.1, 0.15) is 0 Å². The van der Waals surface area contributed by atoms with E-state index in [9.17, 15) is 0 Å². The van der Waals surface area contributed by atoms with Crippen LogP contribution in [0.4, 0.5) is 0 Å². The Bertz CT molecular complexity index is 683. The van der Waals surface area contributed by atoms with Crippen molar-refractivity contribution in [3.05, 3.63) is 42.2 Å². The van der Waals surface area contributed by atoms with Crippen LogP contribution in [-0.4, -0.2) is 19.7 Å². The molecule has 4 nitrogen and oxygen atoms in total. The van der Waals surface area contributed by atoms with Gasteiger partial charge in [-0.25, -0.2) is 9.97 Å². The van der Waals surface area contributed by atoms with Crippen molar-refractivity contribution in [2.24, 2.45) is 7.05 Å². The van der Waals surface area contributed by atoms with Crippen LogP contribution < -0.4 is 0 Å². The molecule has 2 heterocycles. The predicted octanol–water partition coefficient (Wildman–Crippen LogP) is 2.59. The van der Waals surface area contributed by atoms with Crippen molar-refractivity contribution in [2.75, 3.05) is 0 Å². The normalized spacial score (nSPS) is 11.0. The number of nitrogens with zero attached hydrogens (tertiary/aromatic N) is 4. The second-order valence-electron chi connectivity index (χ2n) is 4.29. The highest BCUT2D eigenvalue weighted by Gasteiger charge is 2.06. The highest BCUT2D eigenvalue weighted by atomic mass is 15.3. The van der Waals surface area contributed by atoms with Crippen LogP contribution in [-0.2, 0) is 13.5 Å². The van der Waals surface area contributed by atoms with E-state index in [1.807, 2.05) is 13.2 Å². The Morgan fingerprint density at radius 1 is 1.11 bits per heavy atom.